The van der Waals surface area contributed by atoms with E-state index in [0.717, 1.165) is 22.3 Å². The molecule has 0 aliphatic carbocycles. The van der Waals surface area contributed by atoms with Crippen molar-refractivity contribution >= 4 is 23.9 Å². The Morgan fingerprint density at radius 2 is 0.521 bits per heavy atom. The highest BCUT2D eigenvalue weighted by Crippen LogP contribution is 2.38. The SMILES string of the molecule is COc1cc(-c2ccc(OC(C)=O)c(OC)c2)ccc1OC(C)=O.COc1cc(-c2ccc(OC(C)=O)c(OC)c2)ccc1OC(C)=O. The highest BCUT2D eigenvalue weighted by atomic mass is 16.6. The third-order valence-electron chi connectivity index (χ3n) is 6.34. The summed E-state index contributed by atoms with van der Waals surface area (Å²) in [7, 11) is 5.99. The molecule has 0 aliphatic rings. The van der Waals surface area contributed by atoms with Crippen LogP contribution in [0.5, 0.6) is 46.0 Å². The lowest BCUT2D eigenvalue weighted by Crippen LogP contribution is -2.03. The van der Waals surface area contributed by atoms with E-state index in [1.165, 1.54) is 56.1 Å². The molecule has 4 aromatic carbocycles. The summed E-state index contributed by atoms with van der Waals surface area (Å²) in [6.07, 6.45) is 0. The Bertz CT molecular complexity index is 1530. The maximum Gasteiger partial charge on any atom is 0.308 e. The molecule has 12 heteroatoms. The molecule has 4 aromatic rings. The summed E-state index contributed by atoms with van der Waals surface area (Å²) in [4.78, 5) is 44.4. The quantitative estimate of drug-likeness (QED) is 0.136. The number of carbonyl (C=O) groups is 4. The fourth-order valence-corrected chi connectivity index (χ4v) is 4.35. The van der Waals surface area contributed by atoms with Crippen LogP contribution in [-0.4, -0.2) is 52.3 Å². The predicted molar refractivity (Wildman–Crippen MR) is 175 cm³/mol. The first-order valence-electron chi connectivity index (χ1n) is 14.4. The van der Waals surface area contributed by atoms with Gasteiger partial charge in [-0.3, -0.25) is 19.2 Å². The molecule has 0 aromatic heterocycles. The van der Waals surface area contributed by atoms with Gasteiger partial charge in [0.05, 0.1) is 28.4 Å². The molecule has 4 rings (SSSR count). The Kier molecular flexibility index (Phi) is 12.9. The number of methoxy groups -OCH3 is 4. The van der Waals surface area contributed by atoms with Crippen molar-refractivity contribution in [2.24, 2.45) is 0 Å². The summed E-state index contributed by atoms with van der Waals surface area (Å²) in [5, 5.41) is 0. The minimum absolute atomic E-state index is 0.345. The molecule has 12 nitrogen and oxygen atoms in total. The molecule has 0 heterocycles. The number of benzene rings is 4. The maximum absolute atomic E-state index is 11.1. The monoisotopic (exact) mass is 660 g/mol. The Balaban J connectivity index is 0.000000260. The molecule has 48 heavy (non-hydrogen) atoms. The van der Waals surface area contributed by atoms with Gasteiger partial charge in [0, 0.05) is 27.7 Å². The average molecular weight is 661 g/mol. The summed E-state index contributed by atoms with van der Waals surface area (Å²) in [6, 6.07) is 20.8. The molecule has 0 N–H and O–H groups in total. The topological polar surface area (TPSA) is 142 Å². The fraction of sp³-hybridized carbons (Fsp3) is 0.222. The molecule has 0 saturated heterocycles. The van der Waals surface area contributed by atoms with Gasteiger partial charge in [0.1, 0.15) is 0 Å². The summed E-state index contributed by atoms with van der Waals surface area (Å²) in [6.45, 7) is 5.30. The van der Waals surface area contributed by atoms with Gasteiger partial charge in [0.2, 0.25) is 0 Å². The van der Waals surface area contributed by atoms with Gasteiger partial charge in [0.15, 0.2) is 46.0 Å². The van der Waals surface area contributed by atoms with Crippen molar-refractivity contribution in [3.8, 4) is 68.2 Å². The Morgan fingerprint density at radius 1 is 0.333 bits per heavy atom. The van der Waals surface area contributed by atoms with Crippen LogP contribution in [0.3, 0.4) is 0 Å². The first-order chi connectivity index (χ1) is 22.9. The van der Waals surface area contributed by atoms with E-state index in [4.69, 9.17) is 37.9 Å². The lowest BCUT2D eigenvalue weighted by Gasteiger charge is -2.12. The Morgan fingerprint density at radius 3 is 0.667 bits per heavy atom. The van der Waals surface area contributed by atoms with Crippen molar-refractivity contribution in [2.75, 3.05) is 28.4 Å². The van der Waals surface area contributed by atoms with Crippen molar-refractivity contribution in [3.63, 3.8) is 0 Å². The lowest BCUT2D eigenvalue weighted by molar-refractivity contribution is -0.132. The van der Waals surface area contributed by atoms with Crippen molar-refractivity contribution in [3.05, 3.63) is 72.8 Å². The molecule has 0 radical (unpaired) electrons. The fourth-order valence-electron chi connectivity index (χ4n) is 4.35. The molecule has 0 spiro atoms. The second kappa shape index (κ2) is 17.0. The van der Waals surface area contributed by atoms with Crippen LogP contribution >= 0.6 is 0 Å². The minimum Gasteiger partial charge on any atom is -0.493 e. The standard InChI is InChI=1S/2C18H18O6/c2*1-11(19)23-15-7-5-13(9-17(15)21-3)14-6-8-16(24-12(2)20)18(10-14)22-4/h2*5-10H,1-4H3. The number of rotatable bonds is 10. The van der Waals surface area contributed by atoms with Crippen molar-refractivity contribution in [1.29, 1.82) is 0 Å². The second-order valence-electron chi connectivity index (χ2n) is 9.84. The molecule has 0 atom stereocenters. The molecule has 0 fully saturated rings. The third kappa shape index (κ3) is 9.98. The smallest absolute Gasteiger partial charge is 0.308 e. The van der Waals surface area contributed by atoms with Gasteiger partial charge < -0.3 is 37.9 Å². The van der Waals surface area contributed by atoms with Crippen LogP contribution < -0.4 is 37.9 Å². The molecule has 0 unspecified atom stereocenters. The normalized spacial score (nSPS) is 10.0. The number of hydrogen-bond donors (Lipinski definition) is 0. The molecule has 0 saturated carbocycles. The van der Waals surface area contributed by atoms with E-state index in [0.29, 0.717) is 46.0 Å². The first-order valence-corrected chi connectivity index (χ1v) is 14.4. The highest BCUT2D eigenvalue weighted by molar-refractivity contribution is 5.77. The first kappa shape index (κ1) is 36.4. The van der Waals surface area contributed by atoms with Crippen LogP contribution in [0, 0.1) is 0 Å². The van der Waals surface area contributed by atoms with E-state index in [2.05, 4.69) is 0 Å². The summed E-state index contributed by atoms with van der Waals surface area (Å²) in [5.74, 6) is 1.43. The molecule has 252 valence electrons. The summed E-state index contributed by atoms with van der Waals surface area (Å²) < 4.78 is 41.4. The van der Waals surface area contributed by atoms with Crippen LogP contribution in [-0.2, 0) is 19.2 Å². The Labute approximate surface area is 278 Å². The zero-order chi connectivity index (χ0) is 35.4. The van der Waals surface area contributed by atoms with Crippen LogP contribution in [0.15, 0.2) is 72.8 Å². The van der Waals surface area contributed by atoms with Gasteiger partial charge in [-0.15, -0.1) is 0 Å². The second-order valence-corrected chi connectivity index (χ2v) is 9.84. The van der Waals surface area contributed by atoms with Crippen LogP contribution in [0.25, 0.3) is 22.3 Å². The molecule has 0 bridgehead atoms. The number of hydrogen-bond acceptors (Lipinski definition) is 12. The van der Waals surface area contributed by atoms with Gasteiger partial charge in [-0.25, -0.2) is 0 Å². The van der Waals surface area contributed by atoms with E-state index in [1.54, 1.807) is 72.8 Å². The van der Waals surface area contributed by atoms with Crippen LogP contribution in [0.1, 0.15) is 27.7 Å². The van der Waals surface area contributed by atoms with Crippen molar-refractivity contribution < 1.29 is 57.1 Å². The molecular weight excluding hydrogens is 624 g/mol. The zero-order valence-corrected chi connectivity index (χ0v) is 27.8. The van der Waals surface area contributed by atoms with E-state index in [-0.39, 0.29) is 0 Å². The van der Waals surface area contributed by atoms with Crippen LogP contribution in [0.4, 0.5) is 0 Å². The van der Waals surface area contributed by atoms with Gasteiger partial charge in [-0.2, -0.15) is 0 Å². The van der Waals surface area contributed by atoms with Gasteiger partial charge in [0.25, 0.3) is 0 Å². The van der Waals surface area contributed by atoms with E-state index < -0.39 is 23.9 Å². The number of ether oxygens (including phenoxy) is 8. The summed E-state index contributed by atoms with van der Waals surface area (Å²) >= 11 is 0. The van der Waals surface area contributed by atoms with Crippen LogP contribution in [0.2, 0.25) is 0 Å². The number of carbonyl (C=O) groups excluding carboxylic acids is 4. The van der Waals surface area contributed by atoms with Gasteiger partial charge in [-0.05, 0) is 70.8 Å². The predicted octanol–water partition coefficient (Wildman–Crippen LogP) is 6.44. The lowest BCUT2D eigenvalue weighted by atomic mass is 10.0. The summed E-state index contributed by atoms with van der Waals surface area (Å²) in [5.41, 5.74) is 3.32. The van der Waals surface area contributed by atoms with E-state index in [9.17, 15) is 19.2 Å². The minimum atomic E-state index is -0.423. The Hall–Kier alpha value is -6.04. The van der Waals surface area contributed by atoms with Gasteiger partial charge in [-0.1, -0.05) is 24.3 Å². The highest BCUT2D eigenvalue weighted by Gasteiger charge is 2.14. The average Bonchev–Trinajstić information content (AvgIpc) is 3.04. The molecule has 0 aliphatic heterocycles. The number of esters is 4. The van der Waals surface area contributed by atoms with Gasteiger partial charge >= 0.3 is 23.9 Å². The molecule has 0 amide bonds. The van der Waals surface area contributed by atoms with Crippen molar-refractivity contribution in [1.82, 2.24) is 0 Å². The zero-order valence-electron chi connectivity index (χ0n) is 27.8. The van der Waals surface area contributed by atoms with Crippen molar-refractivity contribution in [2.45, 2.75) is 27.7 Å². The third-order valence-corrected chi connectivity index (χ3v) is 6.34. The largest absolute Gasteiger partial charge is 0.493 e. The van der Waals surface area contributed by atoms with E-state index >= 15 is 0 Å². The van der Waals surface area contributed by atoms with E-state index in [1.807, 2.05) is 0 Å². The maximum atomic E-state index is 11.1. The molecular formula is C36H36O12.